The molecule has 1 aromatic rings. The normalized spacial score (nSPS) is 20.4. The van der Waals surface area contributed by atoms with Crippen LogP contribution in [0, 0.1) is 0 Å². The van der Waals surface area contributed by atoms with E-state index >= 15 is 0 Å². The molecule has 132 valence electrons. The quantitative estimate of drug-likeness (QED) is 0.657. The van der Waals surface area contributed by atoms with Crippen molar-refractivity contribution in [2.45, 2.75) is 32.2 Å². The first kappa shape index (κ1) is 18.4. The van der Waals surface area contributed by atoms with Gasteiger partial charge in [0.25, 0.3) is 5.91 Å². The largest absolute Gasteiger partial charge is 0.375 e. The van der Waals surface area contributed by atoms with E-state index in [0.717, 1.165) is 43.6 Å². The van der Waals surface area contributed by atoms with Gasteiger partial charge in [0.1, 0.15) is 6.61 Å². The fourth-order valence-corrected chi connectivity index (χ4v) is 3.12. The van der Waals surface area contributed by atoms with Crippen molar-refractivity contribution in [2.24, 2.45) is 0 Å². The summed E-state index contributed by atoms with van der Waals surface area (Å²) in [4.78, 5) is 25.1. The Bertz CT molecular complexity index is 554. The van der Waals surface area contributed by atoms with E-state index in [1.165, 1.54) is 12.0 Å². The van der Waals surface area contributed by atoms with Gasteiger partial charge in [-0.05, 0) is 18.1 Å². The van der Waals surface area contributed by atoms with Crippen molar-refractivity contribution in [3.8, 4) is 0 Å². The van der Waals surface area contributed by atoms with E-state index in [4.69, 9.17) is 4.74 Å². The highest BCUT2D eigenvalue weighted by molar-refractivity contribution is 5.92. The molecule has 0 bridgehead atoms. The van der Waals surface area contributed by atoms with Crippen molar-refractivity contribution < 1.29 is 19.2 Å². The molecule has 0 unspecified atom stereocenters. The summed E-state index contributed by atoms with van der Waals surface area (Å²) in [7, 11) is 1.52. The summed E-state index contributed by atoms with van der Waals surface area (Å²) in [6, 6.07) is 8.11. The molecule has 0 atom stereocenters. The van der Waals surface area contributed by atoms with Crippen LogP contribution < -0.4 is 15.5 Å². The van der Waals surface area contributed by atoms with Crippen molar-refractivity contribution in [3.63, 3.8) is 0 Å². The van der Waals surface area contributed by atoms with Gasteiger partial charge >= 0.3 is 0 Å². The van der Waals surface area contributed by atoms with Crippen LogP contribution in [0.2, 0.25) is 0 Å². The molecule has 6 heteroatoms. The average molecular weight is 334 g/mol. The number of anilines is 1. The summed E-state index contributed by atoms with van der Waals surface area (Å²) >= 11 is 0. The summed E-state index contributed by atoms with van der Waals surface area (Å²) in [6.07, 6.45) is 2.68. The standard InChI is InChI=1S/C18H27N3O3/c1-3-14-6-4-5-7-16(14)20-17(22)12-21-10-8-15(9-11-21)19-18(23)13-24-2/h4-7,15H,3,8-13H2,1-2H3,(H,19,23)(H,20,22)/p+1. The molecule has 1 aliphatic rings. The molecule has 2 rings (SSSR count). The summed E-state index contributed by atoms with van der Waals surface area (Å²) in [5, 5.41) is 5.99. The second-order valence-electron chi connectivity index (χ2n) is 6.26. The van der Waals surface area contributed by atoms with Gasteiger partial charge in [0, 0.05) is 31.7 Å². The van der Waals surface area contributed by atoms with E-state index in [1.54, 1.807) is 0 Å². The molecule has 1 saturated heterocycles. The van der Waals surface area contributed by atoms with Gasteiger partial charge in [-0.1, -0.05) is 25.1 Å². The van der Waals surface area contributed by atoms with E-state index < -0.39 is 0 Å². The lowest BCUT2D eigenvalue weighted by Gasteiger charge is -2.29. The van der Waals surface area contributed by atoms with Crippen LogP contribution in [-0.2, 0) is 20.7 Å². The first-order valence-electron chi connectivity index (χ1n) is 8.62. The zero-order valence-electron chi connectivity index (χ0n) is 14.6. The number of piperidine rings is 1. The number of carbonyl (C=O) groups is 2. The summed E-state index contributed by atoms with van der Waals surface area (Å²) in [5.74, 6) is -0.0207. The first-order valence-corrected chi connectivity index (χ1v) is 8.62. The number of likely N-dealkylation sites (tertiary alicyclic amines) is 1. The molecule has 2 amide bonds. The molecule has 0 radical (unpaired) electrons. The monoisotopic (exact) mass is 334 g/mol. The lowest BCUT2D eigenvalue weighted by atomic mass is 10.0. The molecule has 0 saturated carbocycles. The second kappa shape index (κ2) is 9.39. The molecule has 24 heavy (non-hydrogen) atoms. The number of hydrogen-bond acceptors (Lipinski definition) is 3. The lowest BCUT2D eigenvalue weighted by molar-refractivity contribution is -0.897. The van der Waals surface area contributed by atoms with Crippen molar-refractivity contribution in [2.75, 3.05) is 38.7 Å². The molecule has 0 aromatic heterocycles. The Hall–Kier alpha value is -1.92. The number of ether oxygens (including phenoxy) is 1. The van der Waals surface area contributed by atoms with Gasteiger partial charge in [0.15, 0.2) is 6.54 Å². The maximum atomic E-state index is 12.3. The zero-order valence-corrected chi connectivity index (χ0v) is 14.6. The summed E-state index contributed by atoms with van der Waals surface area (Å²) in [6.45, 7) is 4.43. The van der Waals surface area contributed by atoms with E-state index in [1.807, 2.05) is 24.3 Å². The number of quaternary nitrogens is 1. The van der Waals surface area contributed by atoms with E-state index in [-0.39, 0.29) is 24.5 Å². The Morgan fingerprint density at radius 3 is 2.58 bits per heavy atom. The third-order valence-electron chi connectivity index (χ3n) is 4.42. The molecule has 1 aliphatic heterocycles. The third kappa shape index (κ3) is 5.62. The van der Waals surface area contributed by atoms with Gasteiger partial charge in [-0.3, -0.25) is 9.59 Å². The number of amides is 2. The third-order valence-corrected chi connectivity index (χ3v) is 4.42. The van der Waals surface area contributed by atoms with Gasteiger partial charge in [0.2, 0.25) is 5.91 Å². The SMILES string of the molecule is CCc1ccccc1NC(=O)C[NH+]1CCC(NC(=O)COC)CC1. The van der Waals surface area contributed by atoms with Gasteiger partial charge in [-0.2, -0.15) is 0 Å². The predicted octanol–water partition coefficient (Wildman–Crippen LogP) is -0.00260. The van der Waals surface area contributed by atoms with Crippen LogP contribution in [0.1, 0.15) is 25.3 Å². The smallest absolute Gasteiger partial charge is 0.279 e. The molecule has 6 nitrogen and oxygen atoms in total. The molecular weight excluding hydrogens is 306 g/mol. The molecule has 0 aliphatic carbocycles. The van der Waals surface area contributed by atoms with Crippen molar-refractivity contribution >= 4 is 17.5 Å². The van der Waals surface area contributed by atoms with E-state index in [9.17, 15) is 9.59 Å². The summed E-state index contributed by atoms with van der Waals surface area (Å²) < 4.78 is 4.82. The van der Waals surface area contributed by atoms with Crippen molar-refractivity contribution in [1.82, 2.24) is 5.32 Å². The van der Waals surface area contributed by atoms with Crippen LogP contribution in [0.3, 0.4) is 0 Å². The van der Waals surface area contributed by atoms with Gasteiger partial charge in [-0.25, -0.2) is 0 Å². The minimum atomic E-state index is -0.0696. The average Bonchev–Trinajstić information content (AvgIpc) is 2.57. The van der Waals surface area contributed by atoms with Crippen LogP contribution >= 0.6 is 0 Å². The van der Waals surface area contributed by atoms with Gasteiger partial charge in [-0.15, -0.1) is 0 Å². The Kier molecular flexibility index (Phi) is 7.21. The number of carbonyl (C=O) groups excluding carboxylic acids is 2. The number of nitrogens with one attached hydrogen (secondary N) is 3. The predicted molar refractivity (Wildman–Crippen MR) is 93.1 cm³/mol. The molecule has 1 fully saturated rings. The highest BCUT2D eigenvalue weighted by Gasteiger charge is 2.25. The molecule has 1 heterocycles. The number of para-hydroxylation sites is 1. The fourth-order valence-electron chi connectivity index (χ4n) is 3.12. The highest BCUT2D eigenvalue weighted by atomic mass is 16.5. The fraction of sp³-hybridized carbons (Fsp3) is 0.556. The highest BCUT2D eigenvalue weighted by Crippen LogP contribution is 2.14. The first-order chi connectivity index (χ1) is 11.6. The number of aryl methyl sites for hydroxylation is 1. The molecular formula is C18H28N3O3+. The maximum absolute atomic E-state index is 12.3. The Morgan fingerprint density at radius 2 is 1.92 bits per heavy atom. The minimum Gasteiger partial charge on any atom is -0.375 e. The number of rotatable bonds is 7. The Balaban J connectivity index is 1.75. The van der Waals surface area contributed by atoms with Crippen LogP contribution in [-0.4, -0.2) is 51.2 Å². The van der Waals surface area contributed by atoms with Crippen molar-refractivity contribution in [3.05, 3.63) is 29.8 Å². The molecule has 1 aromatic carbocycles. The lowest BCUT2D eigenvalue weighted by Crippen LogP contribution is -3.14. The van der Waals surface area contributed by atoms with Gasteiger partial charge < -0.3 is 20.3 Å². The second-order valence-corrected chi connectivity index (χ2v) is 6.26. The topological polar surface area (TPSA) is 71.9 Å². The van der Waals surface area contributed by atoms with Crippen molar-refractivity contribution in [1.29, 1.82) is 0 Å². The van der Waals surface area contributed by atoms with Crippen LogP contribution in [0.25, 0.3) is 0 Å². The van der Waals surface area contributed by atoms with E-state index in [0.29, 0.717) is 6.54 Å². The van der Waals surface area contributed by atoms with Crippen LogP contribution in [0.15, 0.2) is 24.3 Å². The Morgan fingerprint density at radius 1 is 1.21 bits per heavy atom. The molecule has 0 spiro atoms. The maximum Gasteiger partial charge on any atom is 0.279 e. The summed E-state index contributed by atoms with van der Waals surface area (Å²) in [5.41, 5.74) is 2.06. The number of methoxy groups -OCH3 is 1. The van der Waals surface area contributed by atoms with E-state index in [2.05, 4.69) is 17.6 Å². The number of hydrogen-bond donors (Lipinski definition) is 3. The van der Waals surface area contributed by atoms with Gasteiger partial charge in [0.05, 0.1) is 13.1 Å². The minimum absolute atomic E-state index is 0.0489. The number of benzene rings is 1. The Labute approximate surface area is 143 Å². The van der Waals surface area contributed by atoms with Crippen LogP contribution in [0.5, 0.6) is 0 Å². The zero-order chi connectivity index (χ0) is 17.4. The molecule has 3 N–H and O–H groups in total. The van der Waals surface area contributed by atoms with Crippen LogP contribution in [0.4, 0.5) is 5.69 Å².